The molecule has 1 heterocycles. The van der Waals surface area contributed by atoms with Crippen LogP contribution in [0.4, 0.5) is 5.69 Å². The van der Waals surface area contributed by atoms with Gasteiger partial charge in [-0.25, -0.2) is 0 Å². The van der Waals surface area contributed by atoms with Gasteiger partial charge >= 0.3 is 0 Å². The van der Waals surface area contributed by atoms with Gasteiger partial charge in [0.15, 0.2) is 0 Å². The highest BCUT2D eigenvalue weighted by molar-refractivity contribution is 9.10. The molecule has 0 bridgehead atoms. The summed E-state index contributed by atoms with van der Waals surface area (Å²) in [5.41, 5.74) is 0.0361. The average molecular weight is 345 g/mol. The molecule has 3 rings (SSSR count). The molecule has 21 heavy (non-hydrogen) atoms. The van der Waals surface area contributed by atoms with Crippen LogP contribution >= 0.6 is 15.9 Å². The molecule has 0 N–H and O–H groups in total. The molecule has 0 amide bonds. The van der Waals surface area contributed by atoms with E-state index in [1.165, 1.54) is 12.3 Å². The highest BCUT2D eigenvalue weighted by Crippen LogP contribution is 2.35. The van der Waals surface area contributed by atoms with E-state index in [9.17, 15) is 10.1 Å². The molecule has 0 aliphatic rings. The Balaban J connectivity index is 2.12. The average Bonchev–Trinajstić information content (AvgIpc) is 2.47. The van der Waals surface area contributed by atoms with Gasteiger partial charge in [0.2, 0.25) is 0 Å². The lowest BCUT2D eigenvalue weighted by Crippen LogP contribution is -1.92. The highest BCUT2D eigenvalue weighted by Gasteiger charge is 2.15. The molecule has 0 saturated heterocycles. The summed E-state index contributed by atoms with van der Waals surface area (Å²) in [4.78, 5) is 14.7. The first-order chi connectivity index (χ1) is 10.1. The van der Waals surface area contributed by atoms with E-state index in [1.54, 1.807) is 18.3 Å². The smallest absolute Gasteiger partial charge is 0.277 e. The Morgan fingerprint density at radius 1 is 1.14 bits per heavy atom. The number of fused-ring (bicyclic) bond motifs is 1. The summed E-state index contributed by atoms with van der Waals surface area (Å²) in [5, 5.41) is 12.2. The van der Waals surface area contributed by atoms with E-state index >= 15 is 0 Å². The third-order valence-electron chi connectivity index (χ3n) is 2.98. The molecule has 104 valence electrons. The molecule has 2 aromatic carbocycles. The van der Waals surface area contributed by atoms with Gasteiger partial charge in [0.25, 0.3) is 5.69 Å². The molecule has 1 aromatic heterocycles. The Labute approximate surface area is 128 Å². The maximum absolute atomic E-state index is 11.1. The molecule has 0 unspecified atom stereocenters. The van der Waals surface area contributed by atoms with Crippen LogP contribution in [0.25, 0.3) is 10.8 Å². The third-order valence-corrected chi connectivity index (χ3v) is 3.47. The van der Waals surface area contributed by atoms with Gasteiger partial charge in [-0.3, -0.25) is 15.1 Å². The van der Waals surface area contributed by atoms with Crippen molar-refractivity contribution in [1.29, 1.82) is 0 Å². The highest BCUT2D eigenvalue weighted by atomic mass is 79.9. The molecular formula is C15H9BrN2O3. The lowest BCUT2D eigenvalue weighted by atomic mass is 10.1. The summed E-state index contributed by atoms with van der Waals surface area (Å²) in [6.07, 6.45) is 3.09. The summed E-state index contributed by atoms with van der Waals surface area (Å²) in [7, 11) is 0. The molecule has 0 saturated carbocycles. The van der Waals surface area contributed by atoms with Gasteiger partial charge in [-0.05, 0) is 30.3 Å². The van der Waals surface area contributed by atoms with Gasteiger partial charge in [0, 0.05) is 28.3 Å². The SMILES string of the molecule is O=[N+]([O-])c1ccc(Oc2cccc(Br)c2)c2cnccc12. The van der Waals surface area contributed by atoms with Crippen LogP contribution in [0.5, 0.6) is 11.5 Å². The zero-order valence-corrected chi connectivity index (χ0v) is 12.3. The van der Waals surface area contributed by atoms with Crippen LogP contribution in [-0.4, -0.2) is 9.91 Å². The number of pyridine rings is 1. The Morgan fingerprint density at radius 2 is 2.00 bits per heavy atom. The van der Waals surface area contributed by atoms with E-state index in [1.807, 2.05) is 24.3 Å². The number of non-ortho nitro benzene ring substituents is 1. The number of nitro groups is 1. The minimum absolute atomic E-state index is 0.0361. The van der Waals surface area contributed by atoms with E-state index < -0.39 is 4.92 Å². The number of halogens is 1. The number of nitro benzene ring substituents is 1. The van der Waals surface area contributed by atoms with Crippen molar-refractivity contribution in [3.8, 4) is 11.5 Å². The molecule has 3 aromatic rings. The van der Waals surface area contributed by atoms with Crippen LogP contribution < -0.4 is 4.74 Å². The van der Waals surface area contributed by atoms with Gasteiger partial charge in [-0.1, -0.05) is 22.0 Å². The second-order valence-corrected chi connectivity index (χ2v) is 5.24. The van der Waals surface area contributed by atoms with Crippen molar-refractivity contribution >= 4 is 32.4 Å². The summed E-state index contributed by atoms with van der Waals surface area (Å²) in [6, 6.07) is 12.0. The molecule has 0 spiro atoms. The fourth-order valence-electron chi connectivity index (χ4n) is 2.05. The molecular weight excluding hydrogens is 336 g/mol. The first-order valence-electron chi connectivity index (χ1n) is 6.10. The van der Waals surface area contributed by atoms with Gasteiger partial charge in [0.05, 0.1) is 10.3 Å². The topological polar surface area (TPSA) is 65.3 Å². The van der Waals surface area contributed by atoms with E-state index in [0.29, 0.717) is 22.3 Å². The van der Waals surface area contributed by atoms with E-state index in [-0.39, 0.29) is 5.69 Å². The van der Waals surface area contributed by atoms with E-state index in [4.69, 9.17) is 4.74 Å². The molecule has 0 fully saturated rings. The fourth-order valence-corrected chi connectivity index (χ4v) is 2.43. The van der Waals surface area contributed by atoms with Crippen molar-refractivity contribution in [2.24, 2.45) is 0 Å². The monoisotopic (exact) mass is 344 g/mol. The number of nitrogens with zero attached hydrogens (tertiary/aromatic N) is 2. The first kappa shape index (κ1) is 13.5. The Morgan fingerprint density at radius 3 is 2.76 bits per heavy atom. The summed E-state index contributed by atoms with van der Waals surface area (Å²) in [5.74, 6) is 1.17. The molecule has 0 aliphatic carbocycles. The second kappa shape index (κ2) is 5.49. The normalized spacial score (nSPS) is 10.5. The predicted molar refractivity (Wildman–Crippen MR) is 82.6 cm³/mol. The quantitative estimate of drug-likeness (QED) is 0.510. The second-order valence-electron chi connectivity index (χ2n) is 4.32. The lowest BCUT2D eigenvalue weighted by molar-refractivity contribution is -0.383. The number of benzene rings is 2. The largest absolute Gasteiger partial charge is 0.457 e. The predicted octanol–water partition coefficient (Wildman–Crippen LogP) is 4.70. The van der Waals surface area contributed by atoms with Gasteiger partial charge in [0.1, 0.15) is 11.5 Å². The van der Waals surface area contributed by atoms with Gasteiger partial charge in [-0.15, -0.1) is 0 Å². The summed E-state index contributed by atoms with van der Waals surface area (Å²) >= 11 is 3.37. The third kappa shape index (κ3) is 2.71. The number of aromatic nitrogens is 1. The van der Waals surface area contributed by atoms with Crippen LogP contribution in [0, 0.1) is 10.1 Å². The van der Waals surface area contributed by atoms with Crippen molar-refractivity contribution in [2.75, 3.05) is 0 Å². The number of hydrogen-bond donors (Lipinski definition) is 0. The molecule has 6 heteroatoms. The number of hydrogen-bond acceptors (Lipinski definition) is 4. The molecule has 0 radical (unpaired) electrons. The fraction of sp³-hybridized carbons (Fsp3) is 0. The minimum atomic E-state index is -0.411. The van der Waals surface area contributed by atoms with Crippen LogP contribution in [0.15, 0.2) is 59.3 Å². The Hall–Kier alpha value is -2.47. The summed E-state index contributed by atoms with van der Waals surface area (Å²) < 4.78 is 6.71. The van der Waals surface area contributed by atoms with Crippen molar-refractivity contribution in [2.45, 2.75) is 0 Å². The lowest BCUT2D eigenvalue weighted by Gasteiger charge is -2.09. The molecule has 5 nitrogen and oxygen atoms in total. The number of ether oxygens (including phenoxy) is 1. The van der Waals surface area contributed by atoms with Crippen molar-refractivity contribution in [3.05, 3.63) is 69.4 Å². The van der Waals surface area contributed by atoms with Gasteiger partial charge in [-0.2, -0.15) is 0 Å². The summed E-state index contributed by atoms with van der Waals surface area (Å²) in [6.45, 7) is 0. The molecule has 0 aliphatic heterocycles. The first-order valence-corrected chi connectivity index (χ1v) is 6.89. The van der Waals surface area contributed by atoms with E-state index in [2.05, 4.69) is 20.9 Å². The number of rotatable bonds is 3. The van der Waals surface area contributed by atoms with Crippen molar-refractivity contribution in [1.82, 2.24) is 4.98 Å². The van der Waals surface area contributed by atoms with E-state index in [0.717, 1.165) is 4.47 Å². The maximum Gasteiger partial charge on any atom is 0.277 e. The van der Waals surface area contributed by atoms with Crippen molar-refractivity contribution in [3.63, 3.8) is 0 Å². The maximum atomic E-state index is 11.1. The standard InChI is InChI=1S/C15H9BrN2O3/c16-10-2-1-3-11(8-10)21-15-5-4-14(18(19)20)12-6-7-17-9-13(12)15/h1-9H. The van der Waals surface area contributed by atoms with Crippen LogP contribution in [-0.2, 0) is 0 Å². The van der Waals surface area contributed by atoms with Crippen molar-refractivity contribution < 1.29 is 9.66 Å². The van der Waals surface area contributed by atoms with Crippen LogP contribution in [0.2, 0.25) is 0 Å². The molecule has 0 atom stereocenters. The van der Waals surface area contributed by atoms with Crippen LogP contribution in [0.3, 0.4) is 0 Å². The Kier molecular flexibility index (Phi) is 3.53. The zero-order chi connectivity index (χ0) is 14.8. The van der Waals surface area contributed by atoms with Crippen LogP contribution in [0.1, 0.15) is 0 Å². The zero-order valence-electron chi connectivity index (χ0n) is 10.7. The Bertz CT molecular complexity index is 836. The minimum Gasteiger partial charge on any atom is -0.457 e. The van der Waals surface area contributed by atoms with Gasteiger partial charge < -0.3 is 4.74 Å².